The highest BCUT2D eigenvalue weighted by Crippen LogP contribution is 2.21. The highest BCUT2D eigenvalue weighted by molar-refractivity contribution is 4.79. The molecule has 0 aromatic carbocycles. The Hall–Kier alpha value is 0.170. The Bertz CT molecular complexity index is 144. The van der Waals surface area contributed by atoms with E-state index in [1.165, 1.54) is 17.7 Å². The summed E-state index contributed by atoms with van der Waals surface area (Å²) in [5, 5.41) is 0. The van der Waals surface area contributed by atoms with E-state index in [2.05, 4.69) is 14.1 Å². The average molecular weight is 208 g/mol. The molecule has 0 aliphatic carbocycles. The molecule has 13 heavy (non-hydrogen) atoms. The van der Waals surface area contributed by atoms with Crippen molar-refractivity contribution in [2.24, 2.45) is 0 Å². The zero-order chi connectivity index (χ0) is 8.55. The highest BCUT2D eigenvalue weighted by atomic mass is 35.5. The standard InChI is InChI=1S/C9H17NO2.ClH/c1-10(2)7(3-8-5-11-8)4-9-6-12-9;/h7-9H,3-6H2,1-2H3;1H. The molecule has 0 amide bonds. The smallest absolute Gasteiger partial charge is 0.0922 e. The fraction of sp³-hybridized carbons (Fsp3) is 1.00. The Labute approximate surface area is 85.8 Å². The first-order valence-electron chi connectivity index (χ1n) is 4.79. The zero-order valence-electron chi connectivity index (χ0n) is 8.25. The van der Waals surface area contributed by atoms with Crippen LogP contribution >= 0.6 is 0 Å². The van der Waals surface area contributed by atoms with E-state index in [1.54, 1.807) is 0 Å². The van der Waals surface area contributed by atoms with Crippen molar-refractivity contribution in [1.29, 1.82) is 0 Å². The van der Waals surface area contributed by atoms with Gasteiger partial charge in [0.1, 0.15) is 0 Å². The molecular weight excluding hydrogens is 190 g/mol. The van der Waals surface area contributed by atoms with Crippen LogP contribution in [-0.4, -0.2) is 45.6 Å². The Morgan fingerprint density at radius 3 is 1.77 bits per heavy atom. The fourth-order valence-electron chi connectivity index (χ4n) is 1.61. The van der Waals surface area contributed by atoms with Crippen LogP contribution in [0.4, 0.5) is 0 Å². The molecule has 4 heteroatoms. The first-order chi connectivity index (χ1) is 5.75. The van der Waals surface area contributed by atoms with Gasteiger partial charge in [-0.1, -0.05) is 0 Å². The van der Waals surface area contributed by atoms with Crippen molar-refractivity contribution in [3.63, 3.8) is 0 Å². The SMILES string of the molecule is C[NH+](C)C(CC1CO1)CC1CO1.[Cl-]. The second-order valence-corrected chi connectivity index (χ2v) is 4.16. The van der Waals surface area contributed by atoms with Gasteiger partial charge in [-0.3, -0.25) is 0 Å². The van der Waals surface area contributed by atoms with E-state index < -0.39 is 0 Å². The van der Waals surface area contributed by atoms with Crippen molar-refractivity contribution in [2.45, 2.75) is 31.1 Å². The molecule has 2 unspecified atom stereocenters. The lowest BCUT2D eigenvalue weighted by Crippen LogP contribution is -3.10. The van der Waals surface area contributed by atoms with Gasteiger partial charge in [0, 0.05) is 12.8 Å². The van der Waals surface area contributed by atoms with E-state index in [0.29, 0.717) is 12.2 Å². The second-order valence-electron chi connectivity index (χ2n) is 4.16. The van der Waals surface area contributed by atoms with Gasteiger partial charge in [0.15, 0.2) is 0 Å². The fourth-order valence-corrected chi connectivity index (χ4v) is 1.61. The van der Waals surface area contributed by atoms with E-state index in [4.69, 9.17) is 9.47 Å². The molecule has 0 radical (unpaired) electrons. The lowest BCUT2D eigenvalue weighted by molar-refractivity contribution is -0.886. The highest BCUT2D eigenvalue weighted by Gasteiger charge is 2.34. The number of ether oxygens (including phenoxy) is 2. The molecule has 2 aliphatic heterocycles. The number of rotatable bonds is 5. The van der Waals surface area contributed by atoms with Crippen molar-refractivity contribution in [1.82, 2.24) is 0 Å². The van der Waals surface area contributed by atoms with Crippen molar-refractivity contribution in [3.05, 3.63) is 0 Å². The second kappa shape index (κ2) is 4.60. The molecule has 0 spiro atoms. The number of hydrogen-bond donors (Lipinski definition) is 1. The minimum atomic E-state index is 0. The molecule has 1 N–H and O–H groups in total. The van der Waals surface area contributed by atoms with Gasteiger partial charge >= 0.3 is 0 Å². The van der Waals surface area contributed by atoms with E-state index in [0.717, 1.165) is 19.3 Å². The molecule has 0 saturated carbocycles. The minimum absolute atomic E-state index is 0. The Morgan fingerprint density at radius 1 is 1.15 bits per heavy atom. The first kappa shape index (κ1) is 11.2. The average Bonchev–Trinajstić information content (AvgIpc) is 2.78. The van der Waals surface area contributed by atoms with Gasteiger partial charge in [-0.15, -0.1) is 0 Å². The van der Waals surface area contributed by atoms with Crippen LogP contribution in [-0.2, 0) is 9.47 Å². The third-order valence-electron chi connectivity index (χ3n) is 2.72. The molecule has 2 heterocycles. The van der Waals surface area contributed by atoms with Crippen LogP contribution < -0.4 is 17.3 Å². The molecule has 3 nitrogen and oxygen atoms in total. The monoisotopic (exact) mass is 207 g/mol. The number of epoxide rings is 2. The summed E-state index contributed by atoms with van der Waals surface area (Å²) in [5.41, 5.74) is 0. The molecule has 0 aromatic rings. The molecule has 2 saturated heterocycles. The van der Waals surface area contributed by atoms with E-state index in [9.17, 15) is 0 Å². The summed E-state index contributed by atoms with van der Waals surface area (Å²) in [6.07, 6.45) is 3.54. The van der Waals surface area contributed by atoms with Crippen LogP contribution in [0, 0.1) is 0 Å². The minimum Gasteiger partial charge on any atom is -1.00 e. The molecule has 2 atom stereocenters. The van der Waals surface area contributed by atoms with Gasteiger partial charge in [-0.25, -0.2) is 0 Å². The number of hydrogen-bond acceptors (Lipinski definition) is 2. The largest absolute Gasteiger partial charge is 1.00 e. The zero-order valence-corrected chi connectivity index (χ0v) is 9.01. The predicted molar refractivity (Wildman–Crippen MR) is 45.3 cm³/mol. The topological polar surface area (TPSA) is 29.5 Å². The summed E-state index contributed by atoms with van der Waals surface area (Å²) >= 11 is 0. The Balaban J connectivity index is 0.000000845. The molecule has 2 rings (SSSR count). The summed E-state index contributed by atoms with van der Waals surface area (Å²) in [5.74, 6) is 0. The number of halogens is 1. The van der Waals surface area contributed by atoms with E-state index in [1.807, 2.05) is 0 Å². The van der Waals surface area contributed by atoms with Crippen molar-refractivity contribution in [2.75, 3.05) is 27.3 Å². The quantitative estimate of drug-likeness (QED) is 0.467. The molecule has 78 valence electrons. The molecule has 2 fully saturated rings. The number of quaternary nitrogens is 1. The van der Waals surface area contributed by atoms with Gasteiger partial charge in [0.05, 0.1) is 45.6 Å². The maximum atomic E-state index is 5.24. The van der Waals surface area contributed by atoms with E-state index >= 15 is 0 Å². The van der Waals surface area contributed by atoms with Gasteiger partial charge in [-0.2, -0.15) is 0 Å². The van der Waals surface area contributed by atoms with Crippen LogP contribution in [0.15, 0.2) is 0 Å². The Morgan fingerprint density at radius 2 is 1.54 bits per heavy atom. The summed E-state index contributed by atoms with van der Waals surface area (Å²) in [6.45, 7) is 1.96. The third-order valence-corrected chi connectivity index (χ3v) is 2.72. The molecule has 2 aliphatic rings. The van der Waals surface area contributed by atoms with Gasteiger partial charge in [0.2, 0.25) is 0 Å². The van der Waals surface area contributed by atoms with Crippen LogP contribution in [0.25, 0.3) is 0 Å². The van der Waals surface area contributed by atoms with Crippen LogP contribution in [0.3, 0.4) is 0 Å². The maximum absolute atomic E-state index is 5.24. The molecular formula is C9H18ClNO2. The van der Waals surface area contributed by atoms with Crippen LogP contribution in [0.1, 0.15) is 12.8 Å². The van der Waals surface area contributed by atoms with Crippen LogP contribution in [0.2, 0.25) is 0 Å². The summed E-state index contributed by atoms with van der Waals surface area (Å²) < 4.78 is 10.5. The summed E-state index contributed by atoms with van der Waals surface area (Å²) in [7, 11) is 4.44. The predicted octanol–water partition coefficient (Wildman–Crippen LogP) is -3.92. The Kier molecular flexibility index (Phi) is 3.98. The van der Waals surface area contributed by atoms with Crippen molar-refractivity contribution < 1.29 is 26.8 Å². The lowest BCUT2D eigenvalue weighted by atomic mass is 10.1. The first-order valence-corrected chi connectivity index (χ1v) is 4.79. The molecule has 0 bridgehead atoms. The van der Waals surface area contributed by atoms with E-state index in [-0.39, 0.29) is 12.4 Å². The molecule has 0 aromatic heterocycles. The maximum Gasteiger partial charge on any atom is 0.0922 e. The summed E-state index contributed by atoms with van der Waals surface area (Å²) in [6, 6.07) is 0.727. The third kappa shape index (κ3) is 3.81. The number of nitrogens with one attached hydrogen (secondary N) is 1. The lowest BCUT2D eigenvalue weighted by Gasteiger charge is -2.19. The van der Waals surface area contributed by atoms with Crippen molar-refractivity contribution >= 4 is 0 Å². The van der Waals surface area contributed by atoms with Gasteiger partial charge in [0.25, 0.3) is 0 Å². The van der Waals surface area contributed by atoms with Crippen molar-refractivity contribution in [3.8, 4) is 0 Å². The van der Waals surface area contributed by atoms with Gasteiger partial charge in [-0.05, 0) is 0 Å². The van der Waals surface area contributed by atoms with Gasteiger partial charge < -0.3 is 26.8 Å². The van der Waals surface area contributed by atoms with Crippen LogP contribution in [0.5, 0.6) is 0 Å². The summed E-state index contributed by atoms with van der Waals surface area (Å²) in [4.78, 5) is 1.53. The normalized spacial score (nSPS) is 32.5.